The van der Waals surface area contributed by atoms with Gasteiger partial charge in [-0.05, 0) is 68.3 Å². The third-order valence-corrected chi connectivity index (χ3v) is 7.73. The largest absolute Gasteiger partial charge is 0.278 e. The van der Waals surface area contributed by atoms with E-state index in [0.717, 1.165) is 0 Å². The fourth-order valence-corrected chi connectivity index (χ4v) is 5.64. The summed E-state index contributed by atoms with van der Waals surface area (Å²) in [5.74, 6) is 0. The van der Waals surface area contributed by atoms with Gasteiger partial charge in [-0.2, -0.15) is 0 Å². The van der Waals surface area contributed by atoms with Crippen LogP contribution in [0.4, 0.5) is 11.4 Å². The molecule has 0 aliphatic rings. The van der Waals surface area contributed by atoms with Crippen molar-refractivity contribution in [2.45, 2.75) is 9.79 Å². The zero-order valence-electron chi connectivity index (χ0n) is 14.1. The van der Waals surface area contributed by atoms with Crippen molar-refractivity contribution in [3.8, 4) is 0 Å². The highest BCUT2D eigenvalue weighted by atomic mass is 79.9. The van der Waals surface area contributed by atoms with E-state index in [0.29, 0.717) is 8.95 Å². The summed E-state index contributed by atoms with van der Waals surface area (Å²) in [6.45, 7) is 0. The monoisotopic (exact) mass is 544 g/mol. The zero-order valence-corrected chi connectivity index (χ0v) is 18.9. The number of rotatable bonds is 6. The van der Waals surface area contributed by atoms with Crippen molar-refractivity contribution in [2.24, 2.45) is 0 Å². The molecule has 0 atom stereocenters. The van der Waals surface area contributed by atoms with Crippen molar-refractivity contribution < 1.29 is 16.8 Å². The van der Waals surface area contributed by atoms with Gasteiger partial charge in [0.25, 0.3) is 20.0 Å². The van der Waals surface area contributed by atoms with Gasteiger partial charge in [0, 0.05) is 8.95 Å². The van der Waals surface area contributed by atoms with Crippen molar-refractivity contribution in [2.75, 3.05) is 9.44 Å². The smallest absolute Gasteiger partial charge is 0.261 e. The Labute approximate surface area is 180 Å². The predicted octanol–water partition coefficient (Wildman–Crippen LogP) is 4.81. The van der Waals surface area contributed by atoms with Gasteiger partial charge in [-0.25, -0.2) is 16.8 Å². The zero-order chi connectivity index (χ0) is 20.4. The number of nitrogens with one attached hydrogen (secondary N) is 2. The van der Waals surface area contributed by atoms with Gasteiger partial charge in [-0.3, -0.25) is 9.44 Å². The van der Waals surface area contributed by atoms with Crippen LogP contribution in [0.25, 0.3) is 0 Å². The van der Waals surface area contributed by atoms with E-state index in [1.165, 1.54) is 36.4 Å². The van der Waals surface area contributed by atoms with Gasteiger partial charge in [0.1, 0.15) is 0 Å². The maximum absolute atomic E-state index is 12.5. The molecular weight excluding hydrogens is 532 g/mol. The molecule has 0 fully saturated rings. The molecule has 0 heterocycles. The highest BCUT2D eigenvalue weighted by Gasteiger charge is 2.19. The van der Waals surface area contributed by atoms with E-state index < -0.39 is 20.0 Å². The third-order valence-electron chi connectivity index (χ3n) is 3.65. The Bertz CT molecular complexity index is 1100. The fraction of sp³-hybridized carbons (Fsp3) is 0. The maximum Gasteiger partial charge on any atom is 0.261 e. The molecule has 146 valence electrons. The van der Waals surface area contributed by atoms with Crippen LogP contribution in [0, 0.1) is 0 Å². The van der Waals surface area contributed by atoms with Gasteiger partial charge in [0.05, 0.1) is 21.2 Å². The van der Waals surface area contributed by atoms with E-state index in [1.54, 1.807) is 36.4 Å². The molecule has 0 aromatic heterocycles. The topological polar surface area (TPSA) is 92.3 Å². The van der Waals surface area contributed by atoms with E-state index in [4.69, 9.17) is 0 Å². The second-order valence-electron chi connectivity index (χ2n) is 5.65. The molecule has 0 radical (unpaired) electrons. The lowest BCUT2D eigenvalue weighted by Crippen LogP contribution is -2.15. The molecule has 3 aromatic rings. The van der Waals surface area contributed by atoms with E-state index in [9.17, 15) is 16.8 Å². The molecule has 2 N–H and O–H groups in total. The summed E-state index contributed by atoms with van der Waals surface area (Å²) in [4.78, 5) is 0.235. The van der Waals surface area contributed by atoms with Crippen molar-refractivity contribution in [3.05, 3.63) is 81.7 Å². The Morgan fingerprint density at radius 3 is 1.21 bits per heavy atom. The second-order valence-corrected chi connectivity index (χ2v) is 10.7. The molecule has 0 amide bonds. The number of sulfonamides is 2. The Hall–Kier alpha value is -1.88. The summed E-state index contributed by atoms with van der Waals surface area (Å²) in [6.07, 6.45) is 0. The standard InChI is InChI=1S/C18H14Br2N2O4S2/c19-15-12-18(22-28(25,26)14-9-5-2-6-10-14)16(20)11-17(15)21-27(23,24)13-7-3-1-4-8-13/h1-12,21-22H. The lowest BCUT2D eigenvalue weighted by atomic mass is 10.3. The molecule has 0 saturated carbocycles. The second kappa shape index (κ2) is 8.24. The molecule has 0 aliphatic heterocycles. The van der Waals surface area contributed by atoms with Crippen LogP contribution in [0.2, 0.25) is 0 Å². The summed E-state index contributed by atoms with van der Waals surface area (Å²) in [5.41, 5.74) is 0.525. The molecule has 6 nitrogen and oxygen atoms in total. The minimum atomic E-state index is -3.78. The first-order valence-corrected chi connectivity index (χ1v) is 12.4. The van der Waals surface area contributed by atoms with E-state index >= 15 is 0 Å². The molecule has 0 aliphatic carbocycles. The number of hydrogen-bond donors (Lipinski definition) is 2. The van der Waals surface area contributed by atoms with E-state index in [2.05, 4.69) is 41.3 Å². The molecular formula is C18H14Br2N2O4S2. The minimum Gasteiger partial charge on any atom is -0.278 e. The van der Waals surface area contributed by atoms with Crippen molar-refractivity contribution in [1.82, 2.24) is 0 Å². The third kappa shape index (κ3) is 4.75. The van der Waals surface area contributed by atoms with Crippen molar-refractivity contribution in [1.29, 1.82) is 0 Å². The van der Waals surface area contributed by atoms with Gasteiger partial charge < -0.3 is 0 Å². The van der Waals surface area contributed by atoms with Gasteiger partial charge >= 0.3 is 0 Å². The van der Waals surface area contributed by atoms with Crippen molar-refractivity contribution >= 4 is 63.3 Å². The Morgan fingerprint density at radius 1 is 0.571 bits per heavy atom. The summed E-state index contributed by atoms with van der Waals surface area (Å²) in [7, 11) is -7.57. The van der Waals surface area contributed by atoms with Crippen LogP contribution in [0.1, 0.15) is 0 Å². The molecule has 28 heavy (non-hydrogen) atoms. The van der Waals surface area contributed by atoms with Crippen LogP contribution in [-0.4, -0.2) is 16.8 Å². The first kappa shape index (κ1) is 20.8. The lowest BCUT2D eigenvalue weighted by molar-refractivity contribution is 0.599. The molecule has 3 rings (SSSR count). The van der Waals surface area contributed by atoms with Gasteiger partial charge in [0.15, 0.2) is 0 Å². The Kier molecular flexibility index (Phi) is 6.13. The lowest BCUT2D eigenvalue weighted by Gasteiger charge is -2.14. The molecule has 0 bridgehead atoms. The number of anilines is 2. The Morgan fingerprint density at radius 2 is 0.893 bits per heavy atom. The number of hydrogen-bond acceptors (Lipinski definition) is 4. The molecule has 0 saturated heterocycles. The van der Waals surface area contributed by atoms with Crippen LogP contribution in [0.15, 0.2) is 91.5 Å². The highest BCUT2D eigenvalue weighted by molar-refractivity contribution is 9.11. The summed E-state index contributed by atoms with van der Waals surface area (Å²) in [6, 6.07) is 18.8. The Balaban J connectivity index is 1.90. The first-order valence-electron chi connectivity index (χ1n) is 7.84. The summed E-state index contributed by atoms with van der Waals surface area (Å²) >= 11 is 6.58. The van der Waals surface area contributed by atoms with Crippen LogP contribution >= 0.6 is 31.9 Å². The molecule has 10 heteroatoms. The minimum absolute atomic E-state index is 0.117. The van der Waals surface area contributed by atoms with Crippen LogP contribution in [0.5, 0.6) is 0 Å². The van der Waals surface area contributed by atoms with Crippen molar-refractivity contribution in [3.63, 3.8) is 0 Å². The van der Waals surface area contributed by atoms with Gasteiger partial charge in [0.2, 0.25) is 0 Å². The quantitative estimate of drug-likeness (QED) is 0.464. The van der Waals surface area contributed by atoms with Gasteiger partial charge in [-0.1, -0.05) is 36.4 Å². The predicted molar refractivity (Wildman–Crippen MR) is 116 cm³/mol. The molecule has 3 aromatic carbocycles. The first-order chi connectivity index (χ1) is 13.2. The summed E-state index contributed by atoms with van der Waals surface area (Å²) in [5, 5.41) is 0. The summed E-state index contributed by atoms with van der Waals surface area (Å²) < 4.78 is 55.7. The number of halogens is 2. The molecule has 0 unspecified atom stereocenters. The average Bonchev–Trinajstić information content (AvgIpc) is 2.67. The SMILES string of the molecule is O=S(=O)(Nc1cc(Br)c(NS(=O)(=O)c2ccccc2)cc1Br)c1ccccc1. The fourth-order valence-electron chi connectivity index (χ4n) is 2.31. The average molecular weight is 546 g/mol. The normalized spacial score (nSPS) is 11.8. The van der Waals surface area contributed by atoms with E-state index in [1.807, 2.05) is 0 Å². The molecule has 0 spiro atoms. The number of benzene rings is 3. The maximum atomic E-state index is 12.5. The van der Waals surface area contributed by atoms with Crippen LogP contribution in [0.3, 0.4) is 0 Å². The van der Waals surface area contributed by atoms with E-state index in [-0.39, 0.29) is 21.2 Å². The van der Waals surface area contributed by atoms with Crippen LogP contribution in [-0.2, 0) is 20.0 Å². The van der Waals surface area contributed by atoms with Crippen LogP contribution < -0.4 is 9.44 Å². The highest BCUT2D eigenvalue weighted by Crippen LogP contribution is 2.35. The van der Waals surface area contributed by atoms with Gasteiger partial charge in [-0.15, -0.1) is 0 Å².